The smallest absolute Gasteiger partial charge is 0.134 e. The number of hydrogen-bond donors (Lipinski definition) is 1. The van der Waals surface area contributed by atoms with Crippen molar-refractivity contribution < 1.29 is 4.42 Å². The maximum atomic E-state index is 6.13. The number of rotatable bonds is 2. The van der Waals surface area contributed by atoms with Crippen molar-refractivity contribution in [2.24, 2.45) is 12.8 Å². The number of para-hydroxylation sites is 1. The van der Waals surface area contributed by atoms with Crippen molar-refractivity contribution in [1.29, 1.82) is 0 Å². The van der Waals surface area contributed by atoms with E-state index in [1.165, 1.54) is 0 Å². The van der Waals surface area contributed by atoms with Crippen molar-refractivity contribution in [2.75, 3.05) is 0 Å². The van der Waals surface area contributed by atoms with E-state index < -0.39 is 0 Å². The van der Waals surface area contributed by atoms with E-state index in [1.54, 1.807) is 10.9 Å². The van der Waals surface area contributed by atoms with Crippen LogP contribution in [0.15, 0.2) is 40.9 Å². The lowest BCUT2D eigenvalue weighted by Gasteiger charge is -2.07. The van der Waals surface area contributed by atoms with Gasteiger partial charge in [-0.15, -0.1) is 5.10 Å². The van der Waals surface area contributed by atoms with Crippen molar-refractivity contribution in [3.63, 3.8) is 0 Å². The average Bonchev–Trinajstić information content (AvgIpc) is 2.93. The van der Waals surface area contributed by atoms with Crippen LogP contribution in [0.1, 0.15) is 17.5 Å². The first kappa shape index (κ1) is 10.0. The molecule has 2 N–H and O–H groups in total. The molecule has 0 aliphatic carbocycles. The minimum absolute atomic E-state index is 0.345. The molecule has 1 atom stereocenters. The van der Waals surface area contributed by atoms with Gasteiger partial charge in [-0.2, -0.15) is 0 Å². The molecule has 86 valence electrons. The van der Waals surface area contributed by atoms with E-state index in [4.69, 9.17) is 10.2 Å². The fourth-order valence-corrected chi connectivity index (χ4v) is 1.88. The van der Waals surface area contributed by atoms with Crippen molar-refractivity contribution in [3.8, 4) is 0 Å². The molecule has 0 aliphatic rings. The quantitative estimate of drug-likeness (QED) is 0.723. The summed E-state index contributed by atoms with van der Waals surface area (Å²) in [7, 11) is 1.81. The van der Waals surface area contributed by atoms with Crippen LogP contribution in [-0.2, 0) is 7.05 Å². The highest BCUT2D eigenvalue weighted by Gasteiger charge is 2.17. The lowest BCUT2D eigenvalue weighted by atomic mass is 10.1. The third-order valence-electron chi connectivity index (χ3n) is 2.82. The van der Waals surface area contributed by atoms with E-state index in [1.807, 2.05) is 37.4 Å². The van der Waals surface area contributed by atoms with Gasteiger partial charge in [-0.1, -0.05) is 23.4 Å². The van der Waals surface area contributed by atoms with Gasteiger partial charge in [0.15, 0.2) is 0 Å². The minimum Gasteiger partial charge on any atom is -0.459 e. The molecule has 0 saturated heterocycles. The molecule has 0 bridgehead atoms. The summed E-state index contributed by atoms with van der Waals surface area (Å²) in [5, 5.41) is 8.72. The fourth-order valence-electron chi connectivity index (χ4n) is 1.88. The zero-order valence-corrected chi connectivity index (χ0v) is 9.37. The summed E-state index contributed by atoms with van der Waals surface area (Å²) < 4.78 is 7.37. The second kappa shape index (κ2) is 3.71. The SMILES string of the molecule is Cn1nncc1C(N)c1cc2ccccc2o1. The molecule has 1 unspecified atom stereocenters. The average molecular weight is 228 g/mol. The van der Waals surface area contributed by atoms with Gasteiger partial charge in [-0.3, -0.25) is 4.68 Å². The largest absolute Gasteiger partial charge is 0.459 e. The topological polar surface area (TPSA) is 69.9 Å². The Morgan fingerprint density at radius 1 is 1.35 bits per heavy atom. The van der Waals surface area contributed by atoms with Gasteiger partial charge >= 0.3 is 0 Å². The van der Waals surface area contributed by atoms with Crippen LogP contribution in [0.25, 0.3) is 11.0 Å². The summed E-state index contributed by atoms with van der Waals surface area (Å²) in [5.74, 6) is 0.719. The third-order valence-corrected chi connectivity index (χ3v) is 2.82. The van der Waals surface area contributed by atoms with Crippen LogP contribution in [0.2, 0.25) is 0 Å². The van der Waals surface area contributed by atoms with Gasteiger partial charge in [-0.25, -0.2) is 0 Å². The Bertz CT molecular complexity index is 622. The number of fused-ring (bicyclic) bond motifs is 1. The summed E-state index contributed by atoms with van der Waals surface area (Å²) in [6.07, 6.45) is 1.65. The van der Waals surface area contributed by atoms with Crippen LogP contribution in [0, 0.1) is 0 Å². The highest BCUT2D eigenvalue weighted by atomic mass is 16.3. The number of nitrogens with zero attached hydrogens (tertiary/aromatic N) is 3. The van der Waals surface area contributed by atoms with E-state index in [0.29, 0.717) is 0 Å². The Balaban J connectivity index is 2.07. The van der Waals surface area contributed by atoms with Crippen molar-refractivity contribution in [1.82, 2.24) is 15.0 Å². The lowest BCUT2D eigenvalue weighted by molar-refractivity contribution is 0.508. The molecule has 2 heterocycles. The van der Waals surface area contributed by atoms with Gasteiger partial charge in [0.1, 0.15) is 17.4 Å². The van der Waals surface area contributed by atoms with Crippen molar-refractivity contribution in [2.45, 2.75) is 6.04 Å². The fraction of sp³-hybridized carbons (Fsp3) is 0.167. The Morgan fingerprint density at radius 2 is 2.18 bits per heavy atom. The molecule has 2 aromatic heterocycles. The Kier molecular flexibility index (Phi) is 2.19. The van der Waals surface area contributed by atoms with E-state index in [-0.39, 0.29) is 6.04 Å². The number of hydrogen-bond acceptors (Lipinski definition) is 4. The second-order valence-corrected chi connectivity index (χ2v) is 3.95. The van der Waals surface area contributed by atoms with Crippen LogP contribution in [-0.4, -0.2) is 15.0 Å². The van der Waals surface area contributed by atoms with Gasteiger partial charge in [0.25, 0.3) is 0 Å². The van der Waals surface area contributed by atoms with Gasteiger partial charge in [0.2, 0.25) is 0 Å². The van der Waals surface area contributed by atoms with Gasteiger partial charge < -0.3 is 10.2 Å². The highest BCUT2D eigenvalue weighted by Crippen LogP contribution is 2.25. The zero-order chi connectivity index (χ0) is 11.8. The molecule has 0 spiro atoms. The highest BCUT2D eigenvalue weighted by molar-refractivity contribution is 5.77. The molecule has 0 radical (unpaired) electrons. The Hall–Kier alpha value is -2.14. The first-order chi connectivity index (χ1) is 8.25. The molecular weight excluding hydrogens is 216 g/mol. The first-order valence-electron chi connectivity index (χ1n) is 5.34. The standard InChI is InChI=1S/C12H12N4O/c1-16-9(7-14-15-16)12(13)11-6-8-4-2-3-5-10(8)17-11/h2-7,12H,13H2,1H3. The second-order valence-electron chi connectivity index (χ2n) is 3.95. The van der Waals surface area contributed by atoms with E-state index >= 15 is 0 Å². The van der Waals surface area contributed by atoms with Crippen LogP contribution in [0.5, 0.6) is 0 Å². The van der Waals surface area contributed by atoms with Crippen LogP contribution in [0.3, 0.4) is 0 Å². The summed E-state index contributed by atoms with van der Waals surface area (Å²) in [6, 6.07) is 9.43. The van der Waals surface area contributed by atoms with Crippen molar-refractivity contribution in [3.05, 3.63) is 48.0 Å². The molecule has 5 heteroatoms. The molecule has 0 fully saturated rings. The summed E-state index contributed by atoms with van der Waals surface area (Å²) >= 11 is 0. The van der Waals surface area contributed by atoms with Crippen LogP contribution >= 0.6 is 0 Å². The third kappa shape index (κ3) is 1.60. The molecular formula is C12H12N4O. The molecule has 3 aromatic rings. The molecule has 3 rings (SSSR count). The molecule has 5 nitrogen and oxygen atoms in total. The van der Waals surface area contributed by atoms with E-state index in [0.717, 1.165) is 22.4 Å². The maximum absolute atomic E-state index is 6.13. The van der Waals surface area contributed by atoms with E-state index in [2.05, 4.69) is 10.3 Å². The number of nitrogens with two attached hydrogens (primary N) is 1. The lowest BCUT2D eigenvalue weighted by Crippen LogP contribution is -2.15. The Morgan fingerprint density at radius 3 is 2.88 bits per heavy atom. The number of aromatic nitrogens is 3. The Labute approximate surface area is 97.8 Å². The van der Waals surface area contributed by atoms with Gasteiger partial charge in [-0.05, 0) is 12.1 Å². The van der Waals surface area contributed by atoms with Crippen molar-refractivity contribution >= 4 is 11.0 Å². The first-order valence-corrected chi connectivity index (χ1v) is 5.34. The monoisotopic (exact) mass is 228 g/mol. The predicted octanol–water partition coefficient (Wildman–Crippen LogP) is 1.61. The van der Waals surface area contributed by atoms with E-state index in [9.17, 15) is 0 Å². The number of furan rings is 1. The van der Waals surface area contributed by atoms with Gasteiger partial charge in [0, 0.05) is 12.4 Å². The van der Waals surface area contributed by atoms with Crippen LogP contribution in [0.4, 0.5) is 0 Å². The summed E-state index contributed by atoms with van der Waals surface area (Å²) in [6.45, 7) is 0. The van der Waals surface area contributed by atoms with Gasteiger partial charge in [0.05, 0.1) is 11.9 Å². The number of benzene rings is 1. The molecule has 0 aliphatic heterocycles. The summed E-state index contributed by atoms with van der Waals surface area (Å²) in [4.78, 5) is 0. The normalized spacial score (nSPS) is 13.1. The zero-order valence-electron chi connectivity index (χ0n) is 9.37. The van der Waals surface area contributed by atoms with Crippen LogP contribution < -0.4 is 5.73 Å². The maximum Gasteiger partial charge on any atom is 0.134 e. The minimum atomic E-state index is -0.345. The summed E-state index contributed by atoms with van der Waals surface area (Å²) in [5.41, 5.74) is 7.79. The molecule has 0 saturated carbocycles. The predicted molar refractivity (Wildman–Crippen MR) is 63.2 cm³/mol. The number of aryl methyl sites for hydroxylation is 1. The molecule has 17 heavy (non-hydrogen) atoms. The molecule has 1 aromatic carbocycles. The molecule has 0 amide bonds.